The Hall–Kier alpha value is -2.82. The molecule has 0 spiro atoms. The van der Waals surface area contributed by atoms with Crippen LogP contribution in [-0.2, 0) is 11.2 Å². The molecule has 24 heavy (non-hydrogen) atoms. The van der Waals surface area contributed by atoms with E-state index in [0.29, 0.717) is 16.9 Å². The number of carbonyl (C=O) groups is 2. The third-order valence-corrected chi connectivity index (χ3v) is 4.15. The summed E-state index contributed by atoms with van der Waals surface area (Å²) >= 11 is 0. The van der Waals surface area contributed by atoms with Gasteiger partial charge in [-0.15, -0.1) is 0 Å². The number of fused-ring (bicyclic) bond motifs is 1. The molecule has 5 nitrogen and oxygen atoms in total. The second-order valence-corrected chi connectivity index (χ2v) is 6.03. The number of amides is 2. The van der Waals surface area contributed by atoms with Gasteiger partial charge in [-0.2, -0.15) is 0 Å². The predicted molar refractivity (Wildman–Crippen MR) is 96.7 cm³/mol. The van der Waals surface area contributed by atoms with Crippen LogP contribution < -0.4 is 16.0 Å². The fraction of sp³-hybridized carbons (Fsp3) is 0.263. The lowest BCUT2D eigenvalue weighted by Gasteiger charge is -2.20. The molecule has 0 radical (unpaired) electrons. The first kappa shape index (κ1) is 16.1. The molecule has 1 aliphatic heterocycles. The van der Waals surface area contributed by atoms with Gasteiger partial charge >= 0.3 is 0 Å². The quantitative estimate of drug-likeness (QED) is 0.809. The molecule has 2 amide bonds. The SMILES string of the molecule is CC(=O)Nc1cc(NC(=O)c2cccc3c2CCCN3)ccc1C. The standard InChI is InChI=1S/C19H21N3O2/c1-12-8-9-14(11-18(12)21-13(2)23)22-19(24)16-5-3-7-17-15(16)6-4-10-20-17/h3,5,7-9,11,20H,4,6,10H2,1-2H3,(H,21,23)(H,22,24). The fourth-order valence-electron chi connectivity index (χ4n) is 2.95. The van der Waals surface area contributed by atoms with E-state index in [9.17, 15) is 9.59 Å². The Labute approximate surface area is 141 Å². The maximum atomic E-state index is 12.7. The Morgan fingerprint density at radius 1 is 1.12 bits per heavy atom. The molecule has 0 bridgehead atoms. The highest BCUT2D eigenvalue weighted by molar-refractivity contribution is 6.06. The van der Waals surface area contributed by atoms with Gasteiger partial charge in [-0.3, -0.25) is 9.59 Å². The van der Waals surface area contributed by atoms with Gasteiger partial charge in [0, 0.05) is 36.1 Å². The molecule has 0 aromatic heterocycles. The van der Waals surface area contributed by atoms with Crippen LogP contribution in [0.1, 0.15) is 34.8 Å². The van der Waals surface area contributed by atoms with Gasteiger partial charge in [0.15, 0.2) is 0 Å². The molecule has 0 atom stereocenters. The van der Waals surface area contributed by atoms with Gasteiger partial charge in [-0.25, -0.2) is 0 Å². The van der Waals surface area contributed by atoms with Crippen LogP contribution in [0.3, 0.4) is 0 Å². The Morgan fingerprint density at radius 2 is 1.96 bits per heavy atom. The summed E-state index contributed by atoms with van der Waals surface area (Å²) in [5.41, 5.74) is 5.12. The van der Waals surface area contributed by atoms with Gasteiger partial charge in [-0.1, -0.05) is 12.1 Å². The number of aryl methyl sites for hydroxylation is 1. The van der Waals surface area contributed by atoms with E-state index < -0.39 is 0 Å². The second kappa shape index (κ2) is 6.74. The summed E-state index contributed by atoms with van der Waals surface area (Å²) in [4.78, 5) is 24.0. The van der Waals surface area contributed by atoms with Crippen LogP contribution in [0.25, 0.3) is 0 Å². The summed E-state index contributed by atoms with van der Waals surface area (Å²) in [6.07, 6.45) is 1.92. The van der Waals surface area contributed by atoms with Crippen molar-refractivity contribution in [1.29, 1.82) is 0 Å². The van der Waals surface area contributed by atoms with Gasteiger partial charge in [0.2, 0.25) is 5.91 Å². The molecule has 1 aliphatic rings. The van der Waals surface area contributed by atoms with Gasteiger partial charge in [0.05, 0.1) is 0 Å². The van der Waals surface area contributed by atoms with Crippen LogP contribution in [0.4, 0.5) is 17.1 Å². The van der Waals surface area contributed by atoms with Crippen LogP contribution in [0.15, 0.2) is 36.4 Å². The van der Waals surface area contributed by atoms with Gasteiger partial charge in [0.25, 0.3) is 5.91 Å². The van der Waals surface area contributed by atoms with Crippen molar-refractivity contribution in [2.24, 2.45) is 0 Å². The van der Waals surface area contributed by atoms with Crippen molar-refractivity contribution in [2.75, 3.05) is 22.5 Å². The summed E-state index contributed by atoms with van der Waals surface area (Å²) in [5, 5.41) is 9.04. The van der Waals surface area contributed by atoms with Crippen LogP contribution in [-0.4, -0.2) is 18.4 Å². The van der Waals surface area contributed by atoms with Crippen molar-refractivity contribution >= 4 is 28.9 Å². The molecule has 5 heteroatoms. The molecule has 124 valence electrons. The third kappa shape index (κ3) is 3.40. The summed E-state index contributed by atoms with van der Waals surface area (Å²) in [6.45, 7) is 4.32. The molecular formula is C19H21N3O2. The molecular weight excluding hydrogens is 302 g/mol. The van der Waals surface area contributed by atoms with E-state index in [1.165, 1.54) is 6.92 Å². The van der Waals surface area contributed by atoms with Gasteiger partial charge < -0.3 is 16.0 Å². The molecule has 0 unspecified atom stereocenters. The van der Waals surface area contributed by atoms with Crippen molar-refractivity contribution in [3.8, 4) is 0 Å². The first-order valence-corrected chi connectivity index (χ1v) is 8.10. The number of nitrogens with one attached hydrogen (secondary N) is 3. The number of anilines is 3. The van der Waals surface area contributed by atoms with Crippen LogP contribution in [0.5, 0.6) is 0 Å². The summed E-state index contributed by atoms with van der Waals surface area (Å²) < 4.78 is 0. The fourth-order valence-corrected chi connectivity index (χ4v) is 2.95. The van der Waals surface area contributed by atoms with Crippen LogP contribution in [0.2, 0.25) is 0 Å². The van der Waals surface area contributed by atoms with E-state index >= 15 is 0 Å². The highest BCUT2D eigenvalue weighted by Crippen LogP contribution is 2.27. The molecule has 1 heterocycles. The average Bonchev–Trinajstić information content (AvgIpc) is 2.57. The molecule has 3 rings (SSSR count). The first-order chi connectivity index (χ1) is 11.5. The monoisotopic (exact) mass is 323 g/mol. The number of benzene rings is 2. The van der Waals surface area contributed by atoms with E-state index in [-0.39, 0.29) is 11.8 Å². The van der Waals surface area contributed by atoms with E-state index in [1.54, 1.807) is 6.07 Å². The Balaban J connectivity index is 1.84. The third-order valence-electron chi connectivity index (χ3n) is 4.15. The number of carbonyl (C=O) groups excluding carboxylic acids is 2. The minimum absolute atomic E-state index is 0.131. The van der Waals surface area contributed by atoms with Crippen molar-refractivity contribution < 1.29 is 9.59 Å². The van der Waals surface area contributed by atoms with Gasteiger partial charge in [-0.05, 0) is 55.2 Å². The molecule has 2 aromatic carbocycles. The van der Waals surface area contributed by atoms with Crippen molar-refractivity contribution in [3.05, 3.63) is 53.1 Å². The lowest BCUT2D eigenvalue weighted by atomic mass is 9.97. The average molecular weight is 323 g/mol. The summed E-state index contributed by atoms with van der Waals surface area (Å²) in [5.74, 6) is -0.266. The second-order valence-electron chi connectivity index (χ2n) is 6.03. The Bertz CT molecular complexity index is 799. The Morgan fingerprint density at radius 3 is 2.75 bits per heavy atom. The van der Waals surface area contributed by atoms with E-state index in [1.807, 2.05) is 37.3 Å². The molecule has 0 saturated heterocycles. The lowest BCUT2D eigenvalue weighted by molar-refractivity contribution is -0.114. The Kier molecular flexibility index (Phi) is 4.51. The molecule has 0 aliphatic carbocycles. The highest BCUT2D eigenvalue weighted by atomic mass is 16.2. The lowest BCUT2D eigenvalue weighted by Crippen LogP contribution is -2.19. The zero-order chi connectivity index (χ0) is 17.1. The maximum Gasteiger partial charge on any atom is 0.256 e. The van der Waals surface area contributed by atoms with Crippen molar-refractivity contribution in [2.45, 2.75) is 26.7 Å². The summed E-state index contributed by atoms with van der Waals surface area (Å²) in [7, 11) is 0. The predicted octanol–water partition coefficient (Wildman–Crippen LogP) is 3.56. The minimum Gasteiger partial charge on any atom is -0.385 e. The van der Waals surface area contributed by atoms with E-state index in [4.69, 9.17) is 0 Å². The largest absolute Gasteiger partial charge is 0.385 e. The number of hydrogen-bond donors (Lipinski definition) is 3. The molecule has 0 fully saturated rings. The smallest absolute Gasteiger partial charge is 0.256 e. The molecule has 3 N–H and O–H groups in total. The normalized spacial score (nSPS) is 12.8. The zero-order valence-corrected chi connectivity index (χ0v) is 13.9. The van der Waals surface area contributed by atoms with Crippen LogP contribution >= 0.6 is 0 Å². The summed E-state index contributed by atoms with van der Waals surface area (Å²) in [6, 6.07) is 11.2. The number of rotatable bonds is 3. The number of hydrogen-bond acceptors (Lipinski definition) is 3. The van der Waals surface area contributed by atoms with Crippen molar-refractivity contribution in [3.63, 3.8) is 0 Å². The molecule has 2 aromatic rings. The van der Waals surface area contributed by atoms with Crippen molar-refractivity contribution in [1.82, 2.24) is 0 Å². The highest BCUT2D eigenvalue weighted by Gasteiger charge is 2.17. The van der Waals surface area contributed by atoms with E-state index in [0.717, 1.165) is 36.2 Å². The maximum absolute atomic E-state index is 12.7. The first-order valence-electron chi connectivity index (χ1n) is 8.10. The molecule has 0 saturated carbocycles. The van der Waals surface area contributed by atoms with Gasteiger partial charge in [0.1, 0.15) is 0 Å². The zero-order valence-electron chi connectivity index (χ0n) is 13.9. The van der Waals surface area contributed by atoms with Crippen LogP contribution in [0, 0.1) is 6.92 Å². The topological polar surface area (TPSA) is 70.2 Å². The minimum atomic E-state index is -0.134. The van der Waals surface area contributed by atoms with E-state index in [2.05, 4.69) is 16.0 Å².